The highest BCUT2D eigenvalue weighted by atomic mass is 15.0. The molecule has 2 aromatic heterocycles. The Labute approximate surface area is 149 Å². The van der Waals surface area contributed by atoms with Crippen LogP contribution >= 0.6 is 0 Å². The number of nitrogens with zero attached hydrogens (tertiary/aromatic N) is 2. The summed E-state index contributed by atoms with van der Waals surface area (Å²) in [6.07, 6.45) is 0. The van der Waals surface area contributed by atoms with Gasteiger partial charge in [0.2, 0.25) is 0 Å². The Balaban J connectivity index is 1.78. The summed E-state index contributed by atoms with van der Waals surface area (Å²) in [4.78, 5) is 0. The molecule has 2 heterocycles. The minimum Gasteiger partial charge on any atom is -0.319 e. The molecular weight excluding hydrogens is 304 g/mol. The van der Waals surface area contributed by atoms with Crippen molar-refractivity contribution >= 4 is 0 Å². The molecule has 124 valence electrons. The Morgan fingerprint density at radius 3 is 1.56 bits per heavy atom. The smallest absolute Gasteiger partial charge is 0.0531 e. The van der Waals surface area contributed by atoms with Gasteiger partial charge in [0.25, 0.3) is 0 Å². The minimum absolute atomic E-state index is 1.19. The quantitative estimate of drug-likeness (QED) is 0.446. The van der Waals surface area contributed by atoms with Gasteiger partial charge in [-0.1, -0.05) is 30.3 Å². The van der Waals surface area contributed by atoms with Crippen molar-refractivity contribution in [3.8, 4) is 22.6 Å². The van der Waals surface area contributed by atoms with Gasteiger partial charge in [0.05, 0.1) is 5.69 Å². The van der Waals surface area contributed by atoms with Gasteiger partial charge in [-0.15, -0.1) is 0 Å². The molecule has 0 amide bonds. The molecule has 0 saturated heterocycles. The molecule has 0 aliphatic heterocycles. The van der Waals surface area contributed by atoms with Crippen LogP contribution in [0.2, 0.25) is 0 Å². The molecule has 4 rings (SSSR count). The van der Waals surface area contributed by atoms with Crippen LogP contribution in [0.15, 0.2) is 78.9 Å². The van der Waals surface area contributed by atoms with Crippen molar-refractivity contribution < 1.29 is 0 Å². The Kier molecular flexibility index (Phi) is 3.81. The molecule has 0 aliphatic rings. The maximum atomic E-state index is 2.31. The van der Waals surface area contributed by atoms with Crippen LogP contribution in [0.3, 0.4) is 0 Å². The van der Waals surface area contributed by atoms with Crippen LogP contribution in [-0.4, -0.2) is 9.13 Å². The lowest BCUT2D eigenvalue weighted by Gasteiger charge is -2.14. The number of hydrogen-bond acceptors (Lipinski definition) is 0. The molecule has 0 atom stereocenters. The molecule has 2 aromatic carbocycles. The lowest BCUT2D eigenvalue weighted by atomic mass is 10.1. The molecule has 2 nitrogen and oxygen atoms in total. The first-order valence-electron chi connectivity index (χ1n) is 8.65. The minimum atomic E-state index is 1.19. The zero-order valence-electron chi connectivity index (χ0n) is 14.9. The number of rotatable bonds is 3. The highest BCUT2D eigenvalue weighted by molar-refractivity contribution is 5.64. The second-order valence-electron chi connectivity index (χ2n) is 6.53. The number of aromatic nitrogens is 2. The van der Waals surface area contributed by atoms with Crippen LogP contribution in [0.25, 0.3) is 22.6 Å². The van der Waals surface area contributed by atoms with Crippen LogP contribution in [0.5, 0.6) is 0 Å². The summed E-state index contributed by atoms with van der Waals surface area (Å²) >= 11 is 0. The van der Waals surface area contributed by atoms with Gasteiger partial charge in [0, 0.05) is 28.5 Å². The summed E-state index contributed by atoms with van der Waals surface area (Å²) in [5, 5.41) is 0. The first kappa shape index (κ1) is 15.5. The van der Waals surface area contributed by atoms with Crippen LogP contribution < -0.4 is 0 Å². The van der Waals surface area contributed by atoms with Crippen molar-refractivity contribution in [2.45, 2.75) is 20.8 Å². The Morgan fingerprint density at radius 1 is 0.480 bits per heavy atom. The van der Waals surface area contributed by atoms with Gasteiger partial charge >= 0.3 is 0 Å². The van der Waals surface area contributed by atoms with E-state index in [0.29, 0.717) is 0 Å². The lowest BCUT2D eigenvalue weighted by molar-refractivity contribution is 0.959. The normalized spacial score (nSPS) is 11.0. The van der Waals surface area contributed by atoms with E-state index in [1.54, 1.807) is 0 Å². The van der Waals surface area contributed by atoms with E-state index in [1.165, 1.54) is 39.7 Å². The molecule has 25 heavy (non-hydrogen) atoms. The van der Waals surface area contributed by atoms with Crippen LogP contribution in [0, 0.1) is 20.8 Å². The molecule has 0 N–H and O–H groups in total. The third kappa shape index (κ3) is 2.70. The summed E-state index contributed by atoms with van der Waals surface area (Å²) in [5.41, 5.74) is 8.60. The first-order chi connectivity index (χ1) is 12.1. The molecule has 0 spiro atoms. The van der Waals surface area contributed by atoms with Gasteiger partial charge < -0.3 is 9.13 Å². The molecule has 0 fully saturated rings. The third-order valence-corrected chi connectivity index (χ3v) is 4.78. The van der Waals surface area contributed by atoms with Gasteiger partial charge in [-0.2, -0.15) is 0 Å². The van der Waals surface area contributed by atoms with Crippen LogP contribution in [-0.2, 0) is 0 Å². The van der Waals surface area contributed by atoms with Crippen molar-refractivity contribution in [3.63, 3.8) is 0 Å². The predicted octanol–water partition coefficient (Wildman–Crippen LogP) is 5.86. The predicted molar refractivity (Wildman–Crippen MR) is 105 cm³/mol. The van der Waals surface area contributed by atoms with Gasteiger partial charge in [0.15, 0.2) is 0 Å². The average Bonchev–Trinajstić information content (AvgIpc) is 3.18. The Hall–Kier alpha value is -3.00. The molecule has 2 heteroatoms. The number of benzene rings is 2. The van der Waals surface area contributed by atoms with Crippen molar-refractivity contribution in [2.24, 2.45) is 0 Å². The zero-order chi connectivity index (χ0) is 17.4. The Bertz CT molecular complexity index is 983. The van der Waals surface area contributed by atoms with E-state index < -0.39 is 0 Å². The summed E-state index contributed by atoms with van der Waals surface area (Å²) in [6.45, 7) is 6.44. The van der Waals surface area contributed by atoms with E-state index in [2.05, 4.69) is 109 Å². The SMILES string of the molecule is Cc1ccc(C)n1-c1ccc(-n2c(C)ccc2-c2ccccc2)cc1. The highest BCUT2D eigenvalue weighted by Crippen LogP contribution is 2.27. The zero-order valence-corrected chi connectivity index (χ0v) is 14.9. The Morgan fingerprint density at radius 2 is 0.960 bits per heavy atom. The molecular formula is C23H22N2. The maximum absolute atomic E-state index is 2.31. The largest absolute Gasteiger partial charge is 0.319 e. The lowest BCUT2D eigenvalue weighted by Crippen LogP contribution is -2.01. The summed E-state index contributed by atoms with van der Waals surface area (Å²) < 4.78 is 4.60. The monoisotopic (exact) mass is 326 g/mol. The number of hydrogen-bond donors (Lipinski definition) is 0. The van der Waals surface area contributed by atoms with Gasteiger partial charge in [0.1, 0.15) is 0 Å². The van der Waals surface area contributed by atoms with E-state index in [1.807, 2.05) is 0 Å². The first-order valence-corrected chi connectivity index (χ1v) is 8.65. The molecule has 0 radical (unpaired) electrons. The summed E-state index contributed by atoms with van der Waals surface area (Å²) in [6, 6.07) is 28.0. The number of aryl methyl sites for hydroxylation is 3. The fourth-order valence-corrected chi connectivity index (χ4v) is 3.54. The molecule has 0 saturated carbocycles. The van der Waals surface area contributed by atoms with Crippen molar-refractivity contribution in [3.05, 3.63) is 95.9 Å². The van der Waals surface area contributed by atoms with Gasteiger partial charge in [-0.05, 0) is 74.9 Å². The highest BCUT2D eigenvalue weighted by Gasteiger charge is 2.10. The van der Waals surface area contributed by atoms with E-state index in [-0.39, 0.29) is 0 Å². The summed E-state index contributed by atoms with van der Waals surface area (Å²) in [7, 11) is 0. The fourth-order valence-electron chi connectivity index (χ4n) is 3.54. The fraction of sp³-hybridized carbons (Fsp3) is 0.130. The molecule has 0 unspecified atom stereocenters. The molecule has 4 aromatic rings. The van der Waals surface area contributed by atoms with Crippen molar-refractivity contribution in [1.82, 2.24) is 9.13 Å². The van der Waals surface area contributed by atoms with Crippen molar-refractivity contribution in [2.75, 3.05) is 0 Å². The topological polar surface area (TPSA) is 9.86 Å². The molecule has 0 bridgehead atoms. The van der Waals surface area contributed by atoms with E-state index in [0.717, 1.165) is 0 Å². The third-order valence-electron chi connectivity index (χ3n) is 4.78. The second-order valence-corrected chi connectivity index (χ2v) is 6.53. The van der Waals surface area contributed by atoms with Crippen molar-refractivity contribution in [1.29, 1.82) is 0 Å². The summed E-state index contributed by atoms with van der Waals surface area (Å²) in [5.74, 6) is 0. The average molecular weight is 326 g/mol. The van der Waals surface area contributed by atoms with Gasteiger partial charge in [-0.25, -0.2) is 0 Å². The second kappa shape index (κ2) is 6.14. The maximum Gasteiger partial charge on any atom is 0.0531 e. The van der Waals surface area contributed by atoms with Crippen LogP contribution in [0.4, 0.5) is 0 Å². The van der Waals surface area contributed by atoms with E-state index >= 15 is 0 Å². The van der Waals surface area contributed by atoms with Gasteiger partial charge in [-0.3, -0.25) is 0 Å². The molecule has 0 aliphatic carbocycles. The van der Waals surface area contributed by atoms with E-state index in [4.69, 9.17) is 0 Å². The standard InChI is InChI=1S/C23H22N2/c1-17-9-10-18(2)24(17)21-12-14-22(15-13-21)25-19(3)11-16-23(25)20-7-5-4-6-8-20/h4-16H,1-3H3. The van der Waals surface area contributed by atoms with Crippen LogP contribution in [0.1, 0.15) is 17.1 Å². The van der Waals surface area contributed by atoms with E-state index in [9.17, 15) is 0 Å².